The van der Waals surface area contributed by atoms with Crippen molar-refractivity contribution in [2.24, 2.45) is 5.41 Å². The second-order valence-corrected chi connectivity index (χ2v) is 5.91. The minimum atomic E-state index is -0.501. The molecule has 0 bridgehead atoms. The highest BCUT2D eigenvalue weighted by atomic mass is 16.2. The zero-order chi connectivity index (χ0) is 15.5. The number of nitrogens with zero attached hydrogens (tertiary/aromatic N) is 1. The van der Waals surface area contributed by atoms with Gasteiger partial charge in [-0.25, -0.2) is 4.98 Å². The first-order chi connectivity index (χ1) is 9.86. The van der Waals surface area contributed by atoms with E-state index in [0.29, 0.717) is 12.4 Å². The molecule has 6 nitrogen and oxygen atoms in total. The molecule has 0 saturated heterocycles. The smallest absolute Gasteiger partial charge is 0.239 e. The third-order valence-electron chi connectivity index (χ3n) is 2.98. The minimum absolute atomic E-state index is 0.0314. The molecular weight excluding hydrogens is 268 g/mol. The van der Waals surface area contributed by atoms with Crippen LogP contribution < -0.4 is 10.6 Å². The van der Waals surface area contributed by atoms with Gasteiger partial charge in [0.25, 0.3) is 0 Å². The van der Waals surface area contributed by atoms with Crippen molar-refractivity contribution in [3.05, 3.63) is 30.1 Å². The van der Waals surface area contributed by atoms with Crippen LogP contribution in [0.5, 0.6) is 0 Å². The Morgan fingerprint density at radius 1 is 1.19 bits per heavy atom. The van der Waals surface area contributed by atoms with E-state index in [2.05, 4.69) is 20.6 Å². The van der Waals surface area contributed by atoms with E-state index < -0.39 is 5.41 Å². The molecule has 2 rings (SSSR count). The van der Waals surface area contributed by atoms with Gasteiger partial charge in [0.2, 0.25) is 11.8 Å². The summed E-state index contributed by atoms with van der Waals surface area (Å²) >= 11 is 0. The number of H-pyrrole nitrogens is 1. The summed E-state index contributed by atoms with van der Waals surface area (Å²) in [4.78, 5) is 30.8. The second kappa shape index (κ2) is 5.95. The lowest BCUT2D eigenvalue weighted by Crippen LogP contribution is -2.41. The number of imidazole rings is 1. The maximum Gasteiger partial charge on any atom is 0.239 e. The molecule has 0 aliphatic heterocycles. The largest absolute Gasteiger partial charge is 0.347 e. The number of nitrogens with one attached hydrogen (secondary N) is 3. The number of fused-ring (bicyclic) bond motifs is 1. The van der Waals surface area contributed by atoms with Gasteiger partial charge in [0.15, 0.2) is 0 Å². The second-order valence-electron chi connectivity index (χ2n) is 5.91. The van der Waals surface area contributed by atoms with Gasteiger partial charge in [-0.3, -0.25) is 9.59 Å². The van der Waals surface area contributed by atoms with Crippen LogP contribution in [0.1, 0.15) is 26.6 Å². The first-order valence-electron chi connectivity index (χ1n) is 6.85. The number of para-hydroxylation sites is 2. The summed E-state index contributed by atoms with van der Waals surface area (Å²) in [6.07, 6.45) is 0. The Balaban J connectivity index is 1.82. The number of aromatic amines is 1. The fourth-order valence-electron chi connectivity index (χ4n) is 1.76. The first-order valence-corrected chi connectivity index (χ1v) is 6.85. The predicted octanol–water partition coefficient (Wildman–Crippen LogP) is 1.34. The van der Waals surface area contributed by atoms with Crippen molar-refractivity contribution in [2.75, 3.05) is 6.54 Å². The molecule has 21 heavy (non-hydrogen) atoms. The molecule has 1 aromatic heterocycles. The average molecular weight is 288 g/mol. The van der Waals surface area contributed by atoms with E-state index in [-0.39, 0.29) is 18.4 Å². The van der Waals surface area contributed by atoms with Gasteiger partial charge < -0.3 is 15.6 Å². The lowest BCUT2D eigenvalue weighted by molar-refractivity contribution is -0.131. The monoisotopic (exact) mass is 288 g/mol. The number of carbonyl (C=O) groups is 2. The number of amides is 2. The summed E-state index contributed by atoms with van der Waals surface area (Å²) in [7, 11) is 0. The van der Waals surface area contributed by atoms with Crippen LogP contribution in [0.4, 0.5) is 0 Å². The Hall–Kier alpha value is -2.37. The average Bonchev–Trinajstić information content (AvgIpc) is 2.84. The molecular formula is C15H20N4O2. The van der Waals surface area contributed by atoms with Crippen molar-refractivity contribution < 1.29 is 9.59 Å². The molecule has 0 atom stereocenters. The van der Waals surface area contributed by atoms with Gasteiger partial charge in [0.05, 0.1) is 24.1 Å². The summed E-state index contributed by atoms with van der Waals surface area (Å²) in [5.41, 5.74) is 1.30. The van der Waals surface area contributed by atoms with Gasteiger partial charge in [0, 0.05) is 5.41 Å². The highest BCUT2D eigenvalue weighted by Crippen LogP contribution is 2.12. The van der Waals surface area contributed by atoms with E-state index in [0.717, 1.165) is 11.0 Å². The number of aromatic nitrogens is 2. The third kappa shape index (κ3) is 4.05. The molecule has 112 valence electrons. The highest BCUT2D eigenvalue weighted by Gasteiger charge is 2.21. The van der Waals surface area contributed by atoms with E-state index in [9.17, 15) is 9.59 Å². The van der Waals surface area contributed by atoms with Crippen LogP contribution in [0.3, 0.4) is 0 Å². The fourth-order valence-corrected chi connectivity index (χ4v) is 1.76. The summed E-state index contributed by atoms with van der Waals surface area (Å²) < 4.78 is 0. The molecule has 2 aromatic rings. The number of hydrogen-bond donors (Lipinski definition) is 3. The molecule has 0 fully saturated rings. The van der Waals surface area contributed by atoms with Gasteiger partial charge in [-0.05, 0) is 12.1 Å². The molecule has 0 aliphatic rings. The molecule has 6 heteroatoms. The lowest BCUT2D eigenvalue weighted by Gasteiger charge is -2.17. The first kappa shape index (κ1) is 15.0. The number of rotatable bonds is 4. The molecule has 2 amide bonds. The van der Waals surface area contributed by atoms with E-state index in [1.165, 1.54) is 0 Å². The molecule has 1 heterocycles. The summed E-state index contributed by atoms with van der Waals surface area (Å²) in [6.45, 7) is 5.67. The third-order valence-corrected chi connectivity index (χ3v) is 2.98. The van der Waals surface area contributed by atoms with Crippen molar-refractivity contribution in [1.29, 1.82) is 0 Å². The van der Waals surface area contributed by atoms with Crippen LogP contribution in [0, 0.1) is 5.41 Å². The number of benzene rings is 1. The van der Waals surface area contributed by atoms with Crippen LogP contribution in [0.2, 0.25) is 0 Å². The van der Waals surface area contributed by atoms with Crippen LogP contribution in [0.15, 0.2) is 24.3 Å². The molecule has 0 unspecified atom stereocenters. The molecule has 1 aromatic carbocycles. The van der Waals surface area contributed by atoms with Crippen LogP contribution in [-0.2, 0) is 16.1 Å². The van der Waals surface area contributed by atoms with Gasteiger partial charge in [0.1, 0.15) is 5.82 Å². The van der Waals surface area contributed by atoms with Crippen LogP contribution in [-0.4, -0.2) is 28.3 Å². The summed E-state index contributed by atoms with van der Waals surface area (Å²) in [5, 5.41) is 5.32. The Morgan fingerprint density at radius 2 is 1.90 bits per heavy atom. The van der Waals surface area contributed by atoms with Gasteiger partial charge in [-0.1, -0.05) is 32.9 Å². The standard InChI is InChI=1S/C15H20N4O2/c1-15(2,3)14(21)17-9-13(20)16-8-12-18-10-6-4-5-7-11(10)19-12/h4-7H,8-9H2,1-3H3,(H,16,20)(H,17,21)(H,18,19). The van der Waals surface area contributed by atoms with Crippen molar-refractivity contribution in [2.45, 2.75) is 27.3 Å². The summed E-state index contributed by atoms with van der Waals surface area (Å²) in [6, 6.07) is 7.66. The lowest BCUT2D eigenvalue weighted by atomic mass is 9.96. The summed E-state index contributed by atoms with van der Waals surface area (Å²) in [5.74, 6) is 0.293. The van der Waals surface area contributed by atoms with Crippen molar-refractivity contribution in [3.63, 3.8) is 0 Å². The molecule has 0 radical (unpaired) electrons. The van der Waals surface area contributed by atoms with Gasteiger partial charge >= 0.3 is 0 Å². The number of hydrogen-bond acceptors (Lipinski definition) is 3. The fraction of sp³-hybridized carbons (Fsp3) is 0.400. The van der Waals surface area contributed by atoms with Crippen molar-refractivity contribution in [3.8, 4) is 0 Å². The van der Waals surface area contributed by atoms with Crippen molar-refractivity contribution in [1.82, 2.24) is 20.6 Å². The Bertz CT molecular complexity index is 622. The van der Waals surface area contributed by atoms with E-state index >= 15 is 0 Å². The minimum Gasteiger partial charge on any atom is -0.347 e. The van der Waals surface area contributed by atoms with Crippen LogP contribution in [0.25, 0.3) is 11.0 Å². The zero-order valence-electron chi connectivity index (χ0n) is 12.5. The normalized spacial score (nSPS) is 11.4. The Kier molecular flexibility index (Phi) is 4.26. The van der Waals surface area contributed by atoms with Crippen LogP contribution >= 0.6 is 0 Å². The van der Waals surface area contributed by atoms with E-state index in [4.69, 9.17) is 0 Å². The quantitative estimate of drug-likeness (QED) is 0.793. The van der Waals surface area contributed by atoms with Crippen molar-refractivity contribution >= 4 is 22.8 Å². The molecule has 0 aliphatic carbocycles. The van der Waals surface area contributed by atoms with E-state index in [1.54, 1.807) is 20.8 Å². The van der Waals surface area contributed by atoms with Gasteiger partial charge in [-0.2, -0.15) is 0 Å². The topological polar surface area (TPSA) is 86.9 Å². The van der Waals surface area contributed by atoms with E-state index in [1.807, 2.05) is 24.3 Å². The maximum atomic E-state index is 11.7. The number of carbonyl (C=O) groups excluding carboxylic acids is 2. The molecule has 0 saturated carbocycles. The zero-order valence-corrected chi connectivity index (χ0v) is 12.5. The SMILES string of the molecule is CC(C)(C)C(=O)NCC(=O)NCc1nc2ccccc2[nH]1. The predicted molar refractivity (Wildman–Crippen MR) is 80.4 cm³/mol. The molecule has 3 N–H and O–H groups in total. The van der Waals surface area contributed by atoms with Gasteiger partial charge in [-0.15, -0.1) is 0 Å². The Labute approximate surface area is 123 Å². The molecule has 0 spiro atoms. The highest BCUT2D eigenvalue weighted by molar-refractivity contribution is 5.87. The Morgan fingerprint density at radius 3 is 2.57 bits per heavy atom. The maximum absolute atomic E-state index is 11.7.